The van der Waals surface area contributed by atoms with E-state index in [0.29, 0.717) is 5.56 Å². The quantitative estimate of drug-likeness (QED) is 0.350. The summed E-state index contributed by atoms with van der Waals surface area (Å²) in [5.41, 5.74) is 2.69. The number of hydrogen-bond acceptors (Lipinski definition) is 4. The molecule has 26 heavy (non-hydrogen) atoms. The number of nitrogens with one attached hydrogen (secondary N) is 1. The number of benzene rings is 2. The molecule has 2 aromatic carbocycles. The molecular formula is C19H19IN2O3S. The van der Waals surface area contributed by atoms with Gasteiger partial charge >= 0.3 is 5.97 Å². The number of rotatable bonds is 6. The van der Waals surface area contributed by atoms with Crippen LogP contribution < -0.4 is 5.32 Å². The average molecular weight is 482 g/mol. The van der Waals surface area contributed by atoms with Gasteiger partial charge in [-0.3, -0.25) is 4.79 Å². The first kappa shape index (κ1) is 19.0. The number of hydrogen-bond donors (Lipinski definition) is 2. The molecule has 1 heterocycles. The maximum atomic E-state index is 12.6. The molecule has 3 rings (SSSR count). The molecule has 2 N–H and O–H groups in total. The Kier molecular flexibility index (Phi) is 6.42. The van der Waals surface area contributed by atoms with E-state index in [1.807, 2.05) is 23.1 Å². The van der Waals surface area contributed by atoms with Crippen LogP contribution in [-0.2, 0) is 0 Å². The highest BCUT2D eigenvalue weighted by Gasteiger charge is 2.20. The molecule has 0 aliphatic carbocycles. The number of likely N-dealkylation sites (tertiary alicyclic amines) is 1. The number of carboxylic acids is 1. The molecule has 0 atom stereocenters. The average Bonchev–Trinajstić information content (AvgIpc) is 3.18. The highest BCUT2D eigenvalue weighted by atomic mass is 127. The van der Waals surface area contributed by atoms with E-state index in [2.05, 4.69) is 27.9 Å². The number of carbonyl (C=O) groups is 2. The molecule has 1 aliphatic heterocycles. The summed E-state index contributed by atoms with van der Waals surface area (Å²) in [5.74, 6) is -0.849. The highest BCUT2D eigenvalue weighted by Crippen LogP contribution is 2.32. The predicted molar refractivity (Wildman–Crippen MR) is 113 cm³/mol. The Morgan fingerprint density at radius 2 is 1.73 bits per heavy atom. The van der Waals surface area contributed by atoms with Crippen LogP contribution in [0.5, 0.6) is 0 Å². The summed E-state index contributed by atoms with van der Waals surface area (Å²) in [6, 6.07) is 12.3. The molecule has 1 amide bonds. The second-order valence-electron chi connectivity index (χ2n) is 5.97. The van der Waals surface area contributed by atoms with Crippen LogP contribution in [0, 0.1) is 0 Å². The van der Waals surface area contributed by atoms with E-state index in [4.69, 9.17) is 5.11 Å². The van der Waals surface area contributed by atoms with Crippen LogP contribution in [0.15, 0.2) is 47.4 Å². The zero-order chi connectivity index (χ0) is 18.5. The summed E-state index contributed by atoms with van der Waals surface area (Å²) in [7, 11) is 0. The molecule has 1 saturated heterocycles. The number of amides is 1. The van der Waals surface area contributed by atoms with Crippen molar-refractivity contribution in [1.29, 1.82) is 0 Å². The van der Waals surface area contributed by atoms with Gasteiger partial charge in [0.2, 0.25) is 0 Å². The zero-order valence-electron chi connectivity index (χ0n) is 14.1. The van der Waals surface area contributed by atoms with Gasteiger partial charge in [-0.15, -0.1) is 11.8 Å². The Morgan fingerprint density at radius 3 is 2.35 bits per heavy atom. The van der Waals surface area contributed by atoms with Gasteiger partial charge in [0.1, 0.15) is 0 Å². The third-order valence-corrected chi connectivity index (χ3v) is 5.93. The zero-order valence-corrected chi connectivity index (χ0v) is 17.0. The molecule has 0 radical (unpaired) electrons. The lowest BCUT2D eigenvalue weighted by Crippen LogP contribution is -2.27. The van der Waals surface area contributed by atoms with Crippen LogP contribution in [0.25, 0.3) is 0 Å². The maximum absolute atomic E-state index is 12.6. The van der Waals surface area contributed by atoms with E-state index in [-0.39, 0.29) is 11.5 Å². The van der Waals surface area contributed by atoms with Crippen molar-refractivity contribution in [3.05, 3.63) is 53.6 Å². The summed E-state index contributed by atoms with van der Waals surface area (Å²) in [6.07, 6.45) is 2.15. The number of nitrogens with zero attached hydrogens (tertiary/aromatic N) is 1. The maximum Gasteiger partial charge on any atom is 0.335 e. The lowest BCUT2D eigenvalue weighted by Gasteiger charge is -2.17. The SMILES string of the molecule is O=C(O)c1ccc(Nc2ccc(C(=O)N3CCCC3)cc2SCI)cc1. The second kappa shape index (κ2) is 8.77. The first-order valence-corrected chi connectivity index (χ1v) is 10.8. The van der Waals surface area contributed by atoms with Crippen molar-refractivity contribution >= 4 is 57.6 Å². The molecule has 0 saturated carbocycles. The van der Waals surface area contributed by atoms with Crippen LogP contribution in [0.1, 0.15) is 33.6 Å². The summed E-state index contributed by atoms with van der Waals surface area (Å²) in [5, 5.41) is 12.3. The van der Waals surface area contributed by atoms with Crippen LogP contribution in [0.3, 0.4) is 0 Å². The monoisotopic (exact) mass is 482 g/mol. The van der Waals surface area contributed by atoms with Crippen molar-refractivity contribution in [2.45, 2.75) is 17.7 Å². The fourth-order valence-corrected chi connectivity index (χ4v) is 4.50. The number of halogens is 1. The van der Waals surface area contributed by atoms with E-state index in [1.54, 1.807) is 36.0 Å². The second-order valence-corrected chi connectivity index (χ2v) is 8.79. The van der Waals surface area contributed by atoms with Crippen molar-refractivity contribution in [2.75, 3.05) is 22.2 Å². The van der Waals surface area contributed by atoms with Crippen molar-refractivity contribution in [3.8, 4) is 0 Å². The number of aromatic carboxylic acids is 1. The predicted octanol–water partition coefficient (Wildman–Crippen LogP) is 4.85. The minimum atomic E-state index is -0.942. The molecule has 1 aliphatic rings. The van der Waals surface area contributed by atoms with E-state index >= 15 is 0 Å². The van der Waals surface area contributed by atoms with Gasteiger partial charge in [0, 0.05) is 29.2 Å². The van der Waals surface area contributed by atoms with Gasteiger partial charge in [-0.1, -0.05) is 22.6 Å². The number of alkyl halides is 1. The van der Waals surface area contributed by atoms with E-state index in [9.17, 15) is 9.59 Å². The van der Waals surface area contributed by atoms with Crippen molar-refractivity contribution < 1.29 is 14.7 Å². The molecule has 7 heteroatoms. The Labute approximate surface area is 170 Å². The highest BCUT2D eigenvalue weighted by molar-refractivity contribution is 14.1. The summed E-state index contributed by atoms with van der Waals surface area (Å²) in [4.78, 5) is 26.5. The number of carboxylic acid groups (broad SMARTS) is 1. The topological polar surface area (TPSA) is 69.6 Å². The van der Waals surface area contributed by atoms with Gasteiger partial charge in [-0.05, 0) is 55.3 Å². The lowest BCUT2D eigenvalue weighted by atomic mass is 10.1. The molecule has 0 unspecified atom stereocenters. The van der Waals surface area contributed by atoms with Crippen molar-refractivity contribution in [3.63, 3.8) is 0 Å². The van der Waals surface area contributed by atoms with Gasteiger partial charge in [-0.25, -0.2) is 4.79 Å². The molecule has 2 aromatic rings. The summed E-state index contributed by atoms with van der Waals surface area (Å²) < 4.78 is 0.867. The summed E-state index contributed by atoms with van der Waals surface area (Å²) in [6.45, 7) is 1.67. The minimum absolute atomic E-state index is 0.0927. The molecule has 0 spiro atoms. The van der Waals surface area contributed by atoms with Crippen LogP contribution >= 0.6 is 34.4 Å². The smallest absolute Gasteiger partial charge is 0.335 e. The lowest BCUT2D eigenvalue weighted by molar-refractivity contribution is 0.0696. The largest absolute Gasteiger partial charge is 0.478 e. The molecule has 136 valence electrons. The van der Waals surface area contributed by atoms with Gasteiger partial charge < -0.3 is 15.3 Å². The first-order valence-electron chi connectivity index (χ1n) is 8.31. The van der Waals surface area contributed by atoms with Gasteiger partial charge in [0.15, 0.2) is 0 Å². The Morgan fingerprint density at radius 1 is 1.08 bits per heavy atom. The van der Waals surface area contributed by atoms with Crippen LogP contribution in [0.4, 0.5) is 11.4 Å². The van der Waals surface area contributed by atoms with E-state index in [1.165, 1.54) is 0 Å². The summed E-state index contributed by atoms with van der Waals surface area (Å²) >= 11 is 3.95. The number of thioether (sulfide) groups is 1. The third kappa shape index (κ3) is 4.50. The van der Waals surface area contributed by atoms with Gasteiger partial charge in [0.25, 0.3) is 5.91 Å². The van der Waals surface area contributed by atoms with Gasteiger partial charge in [-0.2, -0.15) is 0 Å². The number of anilines is 2. The fraction of sp³-hybridized carbons (Fsp3) is 0.263. The minimum Gasteiger partial charge on any atom is -0.478 e. The Hall–Kier alpha value is -1.74. The Balaban J connectivity index is 1.81. The Bertz CT molecular complexity index is 805. The molecule has 1 fully saturated rings. The third-order valence-electron chi connectivity index (χ3n) is 4.24. The molecule has 5 nitrogen and oxygen atoms in total. The standard InChI is InChI=1S/C19H19IN2O3S/c20-12-26-17-11-14(18(23)22-9-1-2-10-22)5-8-16(17)21-15-6-3-13(4-7-15)19(24)25/h3-8,11,21H,1-2,9-10,12H2,(H,24,25). The van der Waals surface area contributed by atoms with Crippen molar-refractivity contribution in [1.82, 2.24) is 4.90 Å². The van der Waals surface area contributed by atoms with E-state index in [0.717, 1.165) is 46.0 Å². The van der Waals surface area contributed by atoms with E-state index < -0.39 is 5.97 Å². The fourth-order valence-electron chi connectivity index (χ4n) is 2.89. The van der Waals surface area contributed by atoms with Gasteiger partial charge in [0.05, 0.1) is 15.0 Å². The van der Waals surface area contributed by atoms with Crippen LogP contribution in [-0.4, -0.2) is 38.7 Å². The molecular weight excluding hydrogens is 463 g/mol. The van der Waals surface area contributed by atoms with Crippen molar-refractivity contribution in [2.24, 2.45) is 0 Å². The number of carbonyl (C=O) groups excluding carboxylic acids is 1. The first-order chi connectivity index (χ1) is 12.6. The normalized spacial score (nSPS) is 13.7. The molecule has 0 bridgehead atoms. The van der Waals surface area contributed by atoms with Crippen LogP contribution in [0.2, 0.25) is 0 Å². The molecule has 0 aromatic heterocycles.